The summed E-state index contributed by atoms with van der Waals surface area (Å²) in [4.78, 5) is 10.8. The second kappa shape index (κ2) is 4.26. The van der Waals surface area contributed by atoms with Crippen LogP contribution < -0.4 is 10.3 Å². The van der Waals surface area contributed by atoms with E-state index in [1.807, 2.05) is 0 Å². The summed E-state index contributed by atoms with van der Waals surface area (Å²) in [5, 5.41) is 0. The molecule has 0 atom stereocenters. The van der Waals surface area contributed by atoms with E-state index in [-0.39, 0.29) is 5.56 Å². The zero-order valence-electron chi connectivity index (χ0n) is 7.82. The Morgan fingerprint density at radius 1 is 1.27 bits per heavy atom. The van der Waals surface area contributed by atoms with E-state index in [2.05, 4.69) is 4.72 Å². The minimum atomic E-state index is -3.34. The lowest BCUT2D eigenvalue weighted by Gasteiger charge is -2.03. The smallest absolute Gasteiger partial charge is 0.278 e. The normalized spacial score (nSPS) is 10.8. The number of carbonyl (C=O) groups is 1. The fraction of sp³-hybridized carbons (Fsp3) is 0.125. The zero-order chi connectivity index (χ0) is 11.5. The maximum Gasteiger partial charge on any atom is 0.278 e. The van der Waals surface area contributed by atoms with E-state index >= 15 is 0 Å². The molecule has 1 rings (SSSR count). The summed E-state index contributed by atoms with van der Waals surface area (Å²) >= 11 is 0. The molecule has 0 heterocycles. The van der Waals surface area contributed by atoms with Gasteiger partial charge in [0.2, 0.25) is 10.0 Å². The third kappa shape index (κ3) is 3.55. The standard InChI is InChI=1S/C8H9FN2O3S/c1-15(13,14)11-7-4-2-6(3-5-7)8(12)10-9/h2-5,11H,1H3,(H,10,12). The van der Waals surface area contributed by atoms with Gasteiger partial charge in [0.05, 0.1) is 6.26 Å². The molecule has 0 spiro atoms. The van der Waals surface area contributed by atoms with Crippen molar-refractivity contribution >= 4 is 21.6 Å². The molecule has 0 aliphatic heterocycles. The van der Waals surface area contributed by atoms with E-state index in [0.717, 1.165) is 11.8 Å². The number of benzene rings is 1. The lowest BCUT2D eigenvalue weighted by Crippen LogP contribution is -2.14. The Morgan fingerprint density at radius 3 is 2.20 bits per heavy atom. The van der Waals surface area contributed by atoms with Crippen LogP contribution in [0.1, 0.15) is 10.4 Å². The van der Waals surface area contributed by atoms with Crippen molar-refractivity contribution in [2.45, 2.75) is 0 Å². The van der Waals surface area contributed by atoms with E-state index in [1.165, 1.54) is 24.3 Å². The van der Waals surface area contributed by atoms with Crippen LogP contribution in [0.15, 0.2) is 24.3 Å². The molecule has 7 heteroatoms. The highest BCUT2D eigenvalue weighted by molar-refractivity contribution is 7.92. The molecule has 1 amide bonds. The van der Waals surface area contributed by atoms with Crippen LogP contribution in [0.4, 0.5) is 10.2 Å². The van der Waals surface area contributed by atoms with Gasteiger partial charge in [0, 0.05) is 11.3 Å². The lowest BCUT2D eigenvalue weighted by molar-refractivity contribution is 0.0859. The van der Waals surface area contributed by atoms with Crippen molar-refractivity contribution in [2.75, 3.05) is 11.0 Å². The predicted octanol–water partition coefficient (Wildman–Crippen LogP) is 0.672. The molecule has 1 aromatic carbocycles. The second-order valence-corrected chi connectivity index (χ2v) is 4.62. The van der Waals surface area contributed by atoms with Crippen molar-refractivity contribution in [1.82, 2.24) is 5.54 Å². The number of carbonyl (C=O) groups excluding carboxylic acids is 1. The number of anilines is 1. The van der Waals surface area contributed by atoms with E-state index in [9.17, 15) is 17.7 Å². The molecule has 0 aliphatic carbocycles. The highest BCUT2D eigenvalue weighted by Gasteiger charge is 2.05. The number of sulfonamides is 1. The van der Waals surface area contributed by atoms with Crippen molar-refractivity contribution in [3.05, 3.63) is 29.8 Å². The van der Waals surface area contributed by atoms with Gasteiger partial charge in [-0.3, -0.25) is 9.52 Å². The number of amides is 1. The molecular weight excluding hydrogens is 223 g/mol. The van der Waals surface area contributed by atoms with E-state index in [4.69, 9.17) is 0 Å². The van der Waals surface area contributed by atoms with E-state index in [0.29, 0.717) is 5.69 Å². The molecule has 15 heavy (non-hydrogen) atoms. The summed E-state index contributed by atoms with van der Waals surface area (Å²) in [5.74, 6) is -0.874. The zero-order valence-corrected chi connectivity index (χ0v) is 8.64. The summed E-state index contributed by atoms with van der Waals surface area (Å²) in [6, 6.07) is 5.35. The fourth-order valence-electron chi connectivity index (χ4n) is 0.958. The number of nitrogens with one attached hydrogen (secondary N) is 2. The third-order valence-corrected chi connectivity index (χ3v) is 2.14. The molecule has 0 fully saturated rings. The SMILES string of the molecule is CS(=O)(=O)Nc1ccc(C(=O)NF)cc1. The molecule has 0 bridgehead atoms. The molecule has 0 aliphatic rings. The molecule has 0 saturated carbocycles. The monoisotopic (exact) mass is 232 g/mol. The third-order valence-electron chi connectivity index (χ3n) is 1.54. The lowest BCUT2D eigenvalue weighted by atomic mass is 10.2. The summed E-state index contributed by atoms with van der Waals surface area (Å²) in [7, 11) is -3.34. The summed E-state index contributed by atoms with van der Waals surface area (Å²) in [6.07, 6.45) is 1.01. The molecule has 5 nitrogen and oxygen atoms in total. The Morgan fingerprint density at radius 2 is 1.80 bits per heavy atom. The Hall–Kier alpha value is -1.63. The van der Waals surface area contributed by atoms with Gasteiger partial charge in [0.1, 0.15) is 0 Å². The van der Waals surface area contributed by atoms with Gasteiger partial charge < -0.3 is 0 Å². The first-order valence-corrected chi connectivity index (χ1v) is 5.80. The van der Waals surface area contributed by atoms with E-state index < -0.39 is 15.9 Å². The second-order valence-electron chi connectivity index (χ2n) is 2.88. The van der Waals surface area contributed by atoms with Crippen LogP contribution >= 0.6 is 0 Å². The van der Waals surface area contributed by atoms with Crippen LogP contribution in [0.3, 0.4) is 0 Å². The highest BCUT2D eigenvalue weighted by Crippen LogP contribution is 2.10. The largest absolute Gasteiger partial charge is 0.284 e. The van der Waals surface area contributed by atoms with Crippen LogP contribution in [0, 0.1) is 0 Å². The van der Waals surface area contributed by atoms with Crippen LogP contribution in [0.25, 0.3) is 0 Å². The van der Waals surface area contributed by atoms with Crippen LogP contribution in [0.5, 0.6) is 0 Å². The topological polar surface area (TPSA) is 75.3 Å². The van der Waals surface area contributed by atoms with Gasteiger partial charge in [0.25, 0.3) is 5.91 Å². The predicted molar refractivity (Wildman–Crippen MR) is 53.5 cm³/mol. The molecule has 82 valence electrons. The molecule has 2 N–H and O–H groups in total. The number of rotatable bonds is 3. The molecular formula is C8H9FN2O3S. The van der Waals surface area contributed by atoms with Gasteiger partial charge in [-0.1, -0.05) is 4.48 Å². The average molecular weight is 232 g/mol. The fourth-order valence-corrected chi connectivity index (χ4v) is 1.52. The van der Waals surface area contributed by atoms with Gasteiger partial charge in [-0.25, -0.2) is 8.42 Å². The first-order chi connectivity index (χ1) is 6.92. The Kier molecular flexibility index (Phi) is 3.25. The minimum Gasteiger partial charge on any atom is -0.284 e. The van der Waals surface area contributed by atoms with Gasteiger partial charge in [-0.2, -0.15) is 5.54 Å². The minimum absolute atomic E-state index is 0.108. The van der Waals surface area contributed by atoms with Gasteiger partial charge in [-0.05, 0) is 24.3 Å². The summed E-state index contributed by atoms with van der Waals surface area (Å²) in [6.45, 7) is 0. The Bertz CT molecular complexity index is 455. The first-order valence-electron chi connectivity index (χ1n) is 3.91. The van der Waals surface area contributed by atoms with Crippen LogP contribution in [-0.4, -0.2) is 20.6 Å². The summed E-state index contributed by atoms with van der Waals surface area (Å²) in [5.41, 5.74) is 1.39. The maximum atomic E-state index is 11.7. The molecule has 0 unspecified atom stereocenters. The Balaban J connectivity index is 2.86. The van der Waals surface area contributed by atoms with Gasteiger partial charge >= 0.3 is 0 Å². The molecule has 0 saturated heterocycles. The van der Waals surface area contributed by atoms with Crippen LogP contribution in [0.2, 0.25) is 0 Å². The Labute approximate surface area is 86.3 Å². The van der Waals surface area contributed by atoms with Crippen molar-refractivity contribution < 1.29 is 17.7 Å². The van der Waals surface area contributed by atoms with Crippen molar-refractivity contribution in [1.29, 1.82) is 0 Å². The van der Waals surface area contributed by atoms with Gasteiger partial charge in [-0.15, -0.1) is 0 Å². The van der Waals surface area contributed by atoms with Crippen molar-refractivity contribution in [2.24, 2.45) is 0 Å². The maximum absolute atomic E-state index is 11.7. The number of hydrogen-bond donors (Lipinski definition) is 2. The van der Waals surface area contributed by atoms with Gasteiger partial charge in [0.15, 0.2) is 0 Å². The van der Waals surface area contributed by atoms with Crippen molar-refractivity contribution in [3.63, 3.8) is 0 Å². The van der Waals surface area contributed by atoms with Crippen molar-refractivity contribution in [3.8, 4) is 0 Å². The number of hydrogen-bond acceptors (Lipinski definition) is 3. The van der Waals surface area contributed by atoms with E-state index in [1.54, 1.807) is 0 Å². The summed E-state index contributed by atoms with van der Waals surface area (Å²) < 4.78 is 35.6. The molecule has 1 aromatic rings. The quantitative estimate of drug-likeness (QED) is 0.752. The molecule has 0 radical (unpaired) electrons. The molecule has 0 aromatic heterocycles. The number of halogens is 1. The average Bonchev–Trinajstić information content (AvgIpc) is 2.15. The highest BCUT2D eigenvalue weighted by atomic mass is 32.2. The van der Waals surface area contributed by atoms with Crippen LogP contribution in [-0.2, 0) is 10.0 Å². The first kappa shape index (κ1) is 11.4.